The maximum absolute atomic E-state index is 12.2. The predicted octanol–water partition coefficient (Wildman–Crippen LogP) is 2.08. The van der Waals surface area contributed by atoms with Crippen LogP contribution in [0.5, 0.6) is 0 Å². The number of ketones is 1. The Bertz CT molecular complexity index is 502. The average molecular weight is 264 g/mol. The monoisotopic (exact) mass is 264 g/mol. The highest BCUT2D eigenvalue weighted by Gasteiger charge is 2.30. The van der Waals surface area contributed by atoms with Crippen molar-refractivity contribution < 1.29 is 9.59 Å². The van der Waals surface area contributed by atoms with E-state index in [1.807, 2.05) is 19.1 Å². The number of hydrogen-bond acceptors (Lipinski definition) is 4. The van der Waals surface area contributed by atoms with E-state index in [-0.39, 0.29) is 16.9 Å². The Kier molecular flexibility index (Phi) is 3.61. The smallest absolute Gasteiger partial charge is 0.240 e. The van der Waals surface area contributed by atoms with E-state index in [4.69, 9.17) is 5.73 Å². The van der Waals surface area contributed by atoms with Crippen LogP contribution in [-0.2, 0) is 9.59 Å². The van der Waals surface area contributed by atoms with Gasteiger partial charge in [-0.05, 0) is 32.0 Å². The standard InChI is InChI=1S/C13H16N2O2S/c1-8(16)5-6-15-11-7-10(14)3-4-12(11)18-9(2)13(15)17/h3-4,7,9H,5-6,14H2,1-2H3. The van der Waals surface area contributed by atoms with Crippen LogP contribution in [0.1, 0.15) is 20.3 Å². The fourth-order valence-corrected chi connectivity index (χ4v) is 2.97. The quantitative estimate of drug-likeness (QED) is 0.849. The molecule has 0 aromatic heterocycles. The molecule has 18 heavy (non-hydrogen) atoms. The number of carbonyl (C=O) groups is 2. The van der Waals surface area contributed by atoms with Gasteiger partial charge in [-0.15, -0.1) is 11.8 Å². The number of nitrogens with two attached hydrogens (primary N) is 1. The number of anilines is 2. The van der Waals surface area contributed by atoms with Crippen molar-refractivity contribution in [1.29, 1.82) is 0 Å². The van der Waals surface area contributed by atoms with Crippen molar-refractivity contribution in [2.45, 2.75) is 30.4 Å². The Morgan fingerprint density at radius 1 is 1.50 bits per heavy atom. The molecule has 0 radical (unpaired) electrons. The predicted molar refractivity (Wildman–Crippen MR) is 73.8 cm³/mol. The molecule has 1 aromatic rings. The van der Waals surface area contributed by atoms with Crippen LogP contribution in [0.15, 0.2) is 23.1 Å². The molecule has 0 saturated heterocycles. The molecule has 1 heterocycles. The first kappa shape index (κ1) is 13.0. The number of nitrogen functional groups attached to an aromatic ring is 1. The maximum Gasteiger partial charge on any atom is 0.240 e. The van der Waals surface area contributed by atoms with Crippen molar-refractivity contribution in [3.63, 3.8) is 0 Å². The molecule has 0 spiro atoms. The number of amides is 1. The minimum absolute atomic E-state index is 0.0411. The molecule has 5 heteroatoms. The van der Waals surface area contributed by atoms with Crippen LogP contribution >= 0.6 is 11.8 Å². The van der Waals surface area contributed by atoms with Gasteiger partial charge in [-0.1, -0.05) is 0 Å². The fraction of sp³-hybridized carbons (Fsp3) is 0.385. The van der Waals surface area contributed by atoms with Gasteiger partial charge in [0.25, 0.3) is 0 Å². The molecule has 1 unspecified atom stereocenters. The van der Waals surface area contributed by atoms with Crippen LogP contribution < -0.4 is 10.6 Å². The van der Waals surface area contributed by atoms with E-state index >= 15 is 0 Å². The Morgan fingerprint density at radius 3 is 2.89 bits per heavy atom. The van der Waals surface area contributed by atoms with Crippen LogP contribution in [0, 0.1) is 0 Å². The van der Waals surface area contributed by atoms with E-state index in [1.165, 1.54) is 18.7 Å². The van der Waals surface area contributed by atoms with Crippen molar-refractivity contribution in [2.75, 3.05) is 17.2 Å². The molecule has 4 nitrogen and oxygen atoms in total. The summed E-state index contributed by atoms with van der Waals surface area (Å²) >= 11 is 1.53. The third-order valence-electron chi connectivity index (χ3n) is 2.88. The van der Waals surface area contributed by atoms with E-state index in [9.17, 15) is 9.59 Å². The molecule has 0 aliphatic carbocycles. The Hall–Kier alpha value is -1.49. The highest BCUT2D eigenvalue weighted by atomic mass is 32.2. The SMILES string of the molecule is CC(=O)CCN1C(=O)C(C)Sc2ccc(N)cc21. The van der Waals surface area contributed by atoms with Gasteiger partial charge in [0.1, 0.15) is 5.78 Å². The minimum Gasteiger partial charge on any atom is -0.399 e. The highest BCUT2D eigenvalue weighted by Crippen LogP contribution is 2.40. The van der Waals surface area contributed by atoms with Crippen LogP contribution in [0.3, 0.4) is 0 Å². The van der Waals surface area contributed by atoms with Crippen LogP contribution in [0.4, 0.5) is 11.4 Å². The minimum atomic E-state index is -0.118. The summed E-state index contributed by atoms with van der Waals surface area (Å²) in [5, 5.41) is -0.118. The van der Waals surface area contributed by atoms with Crippen LogP contribution in [-0.4, -0.2) is 23.5 Å². The second-order valence-corrected chi connectivity index (χ2v) is 5.81. The molecule has 1 aliphatic heterocycles. The van der Waals surface area contributed by atoms with Crippen molar-refractivity contribution in [3.05, 3.63) is 18.2 Å². The summed E-state index contributed by atoms with van der Waals surface area (Å²) in [6.45, 7) is 3.84. The average Bonchev–Trinajstić information content (AvgIpc) is 2.30. The van der Waals surface area contributed by atoms with Gasteiger partial charge in [0, 0.05) is 23.5 Å². The Labute approximate surface area is 111 Å². The van der Waals surface area contributed by atoms with Crippen molar-refractivity contribution >= 4 is 34.8 Å². The van der Waals surface area contributed by atoms with E-state index in [2.05, 4.69) is 0 Å². The summed E-state index contributed by atoms with van der Waals surface area (Å²) in [5.74, 6) is 0.124. The van der Waals surface area contributed by atoms with E-state index in [0.29, 0.717) is 18.7 Å². The molecule has 2 N–H and O–H groups in total. The summed E-state index contributed by atoms with van der Waals surface area (Å²) in [4.78, 5) is 26.0. The molecular formula is C13H16N2O2S. The van der Waals surface area contributed by atoms with Gasteiger partial charge in [0.05, 0.1) is 10.9 Å². The van der Waals surface area contributed by atoms with Gasteiger partial charge >= 0.3 is 0 Å². The Morgan fingerprint density at radius 2 is 2.22 bits per heavy atom. The Balaban J connectivity index is 2.34. The number of benzene rings is 1. The summed E-state index contributed by atoms with van der Waals surface area (Å²) < 4.78 is 0. The largest absolute Gasteiger partial charge is 0.399 e. The second-order valence-electron chi connectivity index (χ2n) is 4.43. The molecule has 0 saturated carbocycles. The number of hydrogen-bond donors (Lipinski definition) is 1. The molecular weight excluding hydrogens is 248 g/mol. The summed E-state index contributed by atoms with van der Waals surface area (Å²) in [6.07, 6.45) is 0.372. The molecule has 2 rings (SSSR count). The lowest BCUT2D eigenvalue weighted by atomic mass is 10.2. The van der Waals surface area contributed by atoms with Crippen molar-refractivity contribution in [3.8, 4) is 0 Å². The molecule has 1 aromatic carbocycles. The number of nitrogens with zero attached hydrogens (tertiary/aromatic N) is 1. The second kappa shape index (κ2) is 5.02. The van der Waals surface area contributed by atoms with Gasteiger partial charge in [-0.3, -0.25) is 9.59 Å². The van der Waals surface area contributed by atoms with Gasteiger partial charge in [0.2, 0.25) is 5.91 Å². The fourth-order valence-electron chi connectivity index (χ4n) is 1.92. The van der Waals surface area contributed by atoms with Gasteiger partial charge in [0.15, 0.2) is 0 Å². The van der Waals surface area contributed by atoms with Crippen molar-refractivity contribution in [2.24, 2.45) is 0 Å². The molecule has 96 valence electrons. The first-order chi connectivity index (χ1) is 8.49. The first-order valence-corrected chi connectivity index (χ1v) is 6.74. The third-order valence-corrected chi connectivity index (χ3v) is 4.03. The highest BCUT2D eigenvalue weighted by molar-refractivity contribution is 8.00. The number of fused-ring (bicyclic) bond motifs is 1. The number of rotatable bonds is 3. The molecule has 1 atom stereocenters. The normalized spacial score (nSPS) is 18.7. The number of thioether (sulfide) groups is 1. The maximum atomic E-state index is 12.2. The molecule has 0 fully saturated rings. The zero-order chi connectivity index (χ0) is 13.3. The molecule has 1 amide bonds. The zero-order valence-electron chi connectivity index (χ0n) is 10.5. The summed E-state index contributed by atoms with van der Waals surface area (Å²) in [5.41, 5.74) is 7.22. The van der Waals surface area contributed by atoms with E-state index in [0.717, 1.165) is 10.6 Å². The number of Topliss-reactive ketones (excluding diaryl/α,β-unsaturated/α-hetero) is 1. The molecule has 1 aliphatic rings. The third kappa shape index (κ3) is 2.51. The van der Waals surface area contributed by atoms with Crippen LogP contribution in [0.25, 0.3) is 0 Å². The lowest BCUT2D eigenvalue weighted by Crippen LogP contribution is -2.40. The zero-order valence-corrected chi connectivity index (χ0v) is 11.3. The van der Waals surface area contributed by atoms with Crippen LogP contribution in [0.2, 0.25) is 0 Å². The lowest BCUT2D eigenvalue weighted by molar-refractivity contribution is -0.118. The van der Waals surface area contributed by atoms with Gasteiger partial charge in [-0.2, -0.15) is 0 Å². The number of carbonyl (C=O) groups excluding carboxylic acids is 2. The summed E-state index contributed by atoms with van der Waals surface area (Å²) in [6, 6.07) is 5.56. The van der Waals surface area contributed by atoms with E-state index < -0.39 is 0 Å². The van der Waals surface area contributed by atoms with Crippen molar-refractivity contribution in [1.82, 2.24) is 0 Å². The molecule has 0 bridgehead atoms. The topological polar surface area (TPSA) is 63.4 Å². The van der Waals surface area contributed by atoms with E-state index in [1.54, 1.807) is 11.0 Å². The van der Waals surface area contributed by atoms with Gasteiger partial charge < -0.3 is 10.6 Å². The first-order valence-electron chi connectivity index (χ1n) is 5.86. The van der Waals surface area contributed by atoms with Gasteiger partial charge in [-0.25, -0.2) is 0 Å². The lowest BCUT2D eigenvalue weighted by Gasteiger charge is -2.32. The summed E-state index contributed by atoms with van der Waals surface area (Å²) in [7, 11) is 0.